The van der Waals surface area contributed by atoms with Crippen LogP contribution in [0.15, 0.2) is 53.5 Å². The summed E-state index contributed by atoms with van der Waals surface area (Å²) in [5, 5.41) is 3.07. The molecule has 0 bridgehead atoms. The van der Waals surface area contributed by atoms with E-state index in [1.54, 1.807) is 7.05 Å². The summed E-state index contributed by atoms with van der Waals surface area (Å²) in [5.74, 6) is -0.266. The number of aryl methyl sites for hydroxylation is 2. The molecule has 1 N–H and O–H groups in total. The maximum atomic E-state index is 12.4. The van der Waals surface area contributed by atoms with Crippen molar-refractivity contribution in [1.29, 1.82) is 0 Å². The third-order valence-corrected chi connectivity index (χ3v) is 5.38. The Labute approximate surface area is 157 Å². The first kappa shape index (κ1) is 18.2. The molecule has 1 saturated heterocycles. The Kier molecular flexibility index (Phi) is 5.42. The van der Waals surface area contributed by atoms with E-state index in [1.807, 2.05) is 62.4 Å². The number of amides is 2. The number of aliphatic imine (C=N–C) groups is 1. The van der Waals surface area contributed by atoms with E-state index in [2.05, 4.69) is 10.3 Å². The number of nitrogens with zero attached hydrogens (tertiary/aromatic N) is 2. The lowest BCUT2D eigenvalue weighted by Crippen LogP contribution is -2.30. The number of thioether (sulfide) groups is 1. The molecule has 0 radical (unpaired) electrons. The van der Waals surface area contributed by atoms with E-state index < -0.39 is 5.25 Å². The number of anilines is 1. The van der Waals surface area contributed by atoms with E-state index in [-0.39, 0.29) is 18.2 Å². The predicted octanol–water partition coefficient (Wildman–Crippen LogP) is 3.89. The van der Waals surface area contributed by atoms with Gasteiger partial charge in [0, 0.05) is 19.2 Å². The Bertz CT molecular complexity index is 865. The number of hydrogen-bond acceptors (Lipinski definition) is 4. The molecule has 26 heavy (non-hydrogen) atoms. The fourth-order valence-electron chi connectivity index (χ4n) is 2.73. The van der Waals surface area contributed by atoms with E-state index in [9.17, 15) is 9.59 Å². The molecule has 3 rings (SSSR count). The summed E-state index contributed by atoms with van der Waals surface area (Å²) < 4.78 is 0. The van der Waals surface area contributed by atoms with Gasteiger partial charge in [-0.05, 0) is 37.6 Å². The van der Waals surface area contributed by atoms with Crippen LogP contribution >= 0.6 is 11.8 Å². The Hall–Kier alpha value is -2.60. The lowest BCUT2D eigenvalue weighted by Gasteiger charge is -2.11. The van der Waals surface area contributed by atoms with Gasteiger partial charge in [0.1, 0.15) is 5.25 Å². The lowest BCUT2D eigenvalue weighted by molar-refractivity contribution is -0.127. The molecule has 0 spiro atoms. The second-order valence-electron chi connectivity index (χ2n) is 6.30. The van der Waals surface area contributed by atoms with Crippen molar-refractivity contribution < 1.29 is 9.59 Å². The Morgan fingerprint density at radius 3 is 2.62 bits per heavy atom. The summed E-state index contributed by atoms with van der Waals surface area (Å²) in [7, 11) is 1.69. The highest BCUT2D eigenvalue weighted by Gasteiger charge is 2.37. The summed E-state index contributed by atoms with van der Waals surface area (Å²) in [5.41, 5.74) is 3.72. The molecule has 6 heteroatoms. The van der Waals surface area contributed by atoms with E-state index in [4.69, 9.17) is 0 Å². The molecule has 2 aromatic carbocycles. The molecule has 1 fully saturated rings. The zero-order chi connectivity index (χ0) is 18.7. The van der Waals surface area contributed by atoms with E-state index >= 15 is 0 Å². The van der Waals surface area contributed by atoms with Gasteiger partial charge in [-0.15, -0.1) is 0 Å². The van der Waals surface area contributed by atoms with Crippen LogP contribution in [0.2, 0.25) is 0 Å². The van der Waals surface area contributed by atoms with Crippen molar-refractivity contribution in [3.63, 3.8) is 0 Å². The Balaban J connectivity index is 1.67. The van der Waals surface area contributed by atoms with Gasteiger partial charge in [0.2, 0.25) is 11.8 Å². The minimum Gasteiger partial charge on any atom is -0.326 e. The minimum absolute atomic E-state index is 0.0968. The molecule has 134 valence electrons. The van der Waals surface area contributed by atoms with Crippen LogP contribution in [0.5, 0.6) is 0 Å². The van der Waals surface area contributed by atoms with Gasteiger partial charge in [-0.25, -0.2) is 4.99 Å². The smallest absolute Gasteiger partial charge is 0.242 e. The normalized spacial score (nSPS) is 18.4. The van der Waals surface area contributed by atoms with Crippen LogP contribution in [0.1, 0.15) is 17.5 Å². The largest absolute Gasteiger partial charge is 0.326 e. The number of rotatable bonds is 4. The lowest BCUT2D eigenvalue weighted by atomic mass is 10.1. The number of benzene rings is 2. The number of nitrogens with one attached hydrogen (secondary N) is 1. The van der Waals surface area contributed by atoms with Gasteiger partial charge in [0.25, 0.3) is 0 Å². The third-order valence-electron chi connectivity index (χ3n) is 4.15. The molecular weight excluding hydrogens is 346 g/mol. The molecule has 0 aromatic heterocycles. The number of para-hydroxylation sites is 1. The predicted molar refractivity (Wildman–Crippen MR) is 107 cm³/mol. The van der Waals surface area contributed by atoms with Gasteiger partial charge < -0.3 is 5.32 Å². The van der Waals surface area contributed by atoms with Gasteiger partial charge in [0.05, 0.1) is 5.69 Å². The highest BCUT2D eigenvalue weighted by molar-refractivity contribution is 8.15. The van der Waals surface area contributed by atoms with E-state index in [1.165, 1.54) is 16.7 Å². The highest BCUT2D eigenvalue weighted by Crippen LogP contribution is 2.30. The average molecular weight is 367 g/mol. The summed E-state index contributed by atoms with van der Waals surface area (Å²) in [6, 6.07) is 15.3. The molecule has 1 heterocycles. The fourth-order valence-corrected chi connectivity index (χ4v) is 3.89. The van der Waals surface area contributed by atoms with Crippen LogP contribution < -0.4 is 5.32 Å². The Morgan fingerprint density at radius 1 is 1.19 bits per heavy atom. The topological polar surface area (TPSA) is 61.8 Å². The van der Waals surface area contributed by atoms with Gasteiger partial charge in [0.15, 0.2) is 5.17 Å². The molecular formula is C20H21N3O2S. The van der Waals surface area contributed by atoms with Crippen molar-refractivity contribution >= 4 is 40.1 Å². The van der Waals surface area contributed by atoms with Crippen LogP contribution in [0.25, 0.3) is 0 Å². The maximum Gasteiger partial charge on any atom is 0.242 e. The first-order chi connectivity index (χ1) is 12.4. The van der Waals surface area contributed by atoms with E-state index in [0.717, 1.165) is 22.5 Å². The highest BCUT2D eigenvalue weighted by atomic mass is 32.2. The molecule has 1 unspecified atom stereocenters. The van der Waals surface area contributed by atoms with Crippen molar-refractivity contribution in [3.05, 3.63) is 59.7 Å². The monoisotopic (exact) mass is 367 g/mol. The summed E-state index contributed by atoms with van der Waals surface area (Å²) in [6.07, 6.45) is 0.120. The second kappa shape index (κ2) is 7.74. The van der Waals surface area contributed by atoms with Crippen molar-refractivity contribution in [2.45, 2.75) is 25.5 Å². The Morgan fingerprint density at radius 2 is 1.92 bits per heavy atom. The number of hydrogen-bond donors (Lipinski definition) is 1. The summed E-state index contributed by atoms with van der Waals surface area (Å²) in [6.45, 7) is 3.96. The average Bonchev–Trinajstić information content (AvgIpc) is 2.86. The first-order valence-corrected chi connectivity index (χ1v) is 9.27. The molecule has 1 aliphatic heterocycles. The number of carbonyl (C=O) groups excluding carboxylic acids is 2. The van der Waals surface area contributed by atoms with Crippen LogP contribution in [-0.2, 0) is 9.59 Å². The molecule has 0 aliphatic carbocycles. The van der Waals surface area contributed by atoms with Crippen molar-refractivity contribution in [3.8, 4) is 0 Å². The van der Waals surface area contributed by atoms with Crippen LogP contribution in [-0.4, -0.2) is 34.2 Å². The zero-order valence-corrected chi connectivity index (χ0v) is 15.8. The molecule has 2 amide bonds. The van der Waals surface area contributed by atoms with Crippen LogP contribution in [0.4, 0.5) is 11.4 Å². The molecule has 1 atom stereocenters. The van der Waals surface area contributed by atoms with Crippen molar-refractivity contribution in [1.82, 2.24) is 4.90 Å². The minimum atomic E-state index is -0.451. The third kappa shape index (κ3) is 4.14. The van der Waals surface area contributed by atoms with Crippen molar-refractivity contribution in [2.75, 3.05) is 12.4 Å². The standard InChI is InChI=1S/C20H21N3O2S/c1-13-9-10-16(14(2)11-13)22-18(24)12-17-19(25)23(3)20(26-17)21-15-7-5-4-6-8-15/h4-11,17H,12H2,1-3H3,(H,22,24). The first-order valence-electron chi connectivity index (χ1n) is 8.39. The zero-order valence-electron chi connectivity index (χ0n) is 15.0. The van der Waals surface area contributed by atoms with Crippen LogP contribution in [0.3, 0.4) is 0 Å². The second-order valence-corrected chi connectivity index (χ2v) is 7.47. The van der Waals surface area contributed by atoms with Gasteiger partial charge in [-0.1, -0.05) is 47.7 Å². The number of amidine groups is 1. The quantitative estimate of drug-likeness (QED) is 0.892. The van der Waals surface area contributed by atoms with Crippen LogP contribution in [0, 0.1) is 13.8 Å². The summed E-state index contributed by atoms with van der Waals surface area (Å²) >= 11 is 1.33. The maximum absolute atomic E-state index is 12.4. The molecule has 5 nitrogen and oxygen atoms in total. The SMILES string of the molecule is Cc1ccc(NC(=O)CC2SC(=Nc3ccccc3)N(C)C2=O)c(C)c1. The summed E-state index contributed by atoms with van der Waals surface area (Å²) in [4.78, 5) is 30.9. The molecule has 0 saturated carbocycles. The van der Waals surface area contributed by atoms with Gasteiger partial charge in [-0.2, -0.15) is 0 Å². The molecule has 1 aliphatic rings. The van der Waals surface area contributed by atoms with Crippen molar-refractivity contribution in [2.24, 2.45) is 4.99 Å². The molecule has 2 aromatic rings. The van der Waals surface area contributed by atoms with Gasteiger partial charge >= 0.3 is 0 Å². The fraction of sp³-hybridized carbons (Fsp3) is 0.250. The van der Waals surface area contributed by atoms with Gasteiger partial charge in [-0.3, -0.25) is 14.5 Å². The number of carbonyl (C=O) groups is 2. The van der Waals surface area contributed by atoms with E-state index in [0.29, 0.717) is 5.17 Å².